The molecule has 0 spiro atoms. The summed E-state index contributed by atoms with van der Waals surface area (Å²) in [6, 6.07) is 19.7. The molecule has 0 aliphatic heterocycles. The number of rotatable bonds is 11. The Kier molecular flexibility index (Phi) is 6.73. The number of non-ortho nitro benzene ring substituents is 1. The lowest BCUT2D eigenvalue weighted by Gasteiger charge is -2.09. The third-order valence-electron chi connectivity index (χ3n) is 5.39. The third kappa shape index (κ3) is 5.23. The number of nitro benzene ring substituents is 1. The van der Waals surface area contributed by atoms with Crippen LogP contribution in [0.4, 0.5) is 5.69 Å². The Balaban J connectivity index is 1.30. The molecule has 170 valence electrons. The van der Waals surface area contributed by atoms with Crippen LogP contribution in [0, 0.1) is 10.1 Å². The summed E-state index contributed by atoms with van der Waals surface area (Å²) in [6.45, 7) is 0.891. The topological polar surface area (TPSA) is 104 Å². The lowest BCUT2D eigenvalue weighted by Crippen LogP contribution is -2.08. The molecule has 0 amide bonds. The minimum Gasteiger partial charge on any atom is -0.494 e. The first kappa shape index (κ1) is 22.1. The van der Waals surface area contributed by atoms with E-state index in [1.54, 1.807) is 16.7 Å². The number of hydrogen-bond acceptors (Lipinski definition) is 5. The zero-order valence-electron chi connectivity index (χ0n) is 18.0. The van der Waals surface area contributed by atoms with Crippen LogP contribution in [0.1, 0.15) is 19.3 Å². The van der Waals surface area contributed by atoms with Gasteiger partial charge in [0.15, 0.2) is 0 Å². The van der Waals surface area contributed by atoms with Gasteiger partial charge in [0.05, 0.1) is 29.7 Å². The number of nitrogens with zero attached hydrogens (tertiary/aromatic N) is 2. The second-order valence-electron chi connectivity index (χ2n) is 7.69. The van der Waals surface area contributed by atoms with Gasteiger partial charge in [-0.3, -0.25) is 14.9 Å². The molecule has 0 saturated heterocycles. The van der Waals surface area contributed by atoms with Crippen molar-refractivity contribution < 1.29 is 24.3 Å². The number of fused-ring (bicyclic) bond motifs is 3. The average Bonchev–Trinajstić information content (AvgIpc) is 3.11. The first-order valence-electron chi connectivity index (χ1n) is 10.8. The molecule has 33 heavy (non-hydrogen) atoms. The van der Waals surface area contributed by atoms with Gasteiger partial charge in [-0.15, -0.1) is 0 Å². The maximum atomic E-state index is 11.4. The number of benzene rings is 3. The highest BCUT2D eigenvalue weighted by atomic mass is 16.6. The quantitative estimate of drug-likeness (QED) is 0.187. The molecule has 0 aliphatic carbocycles. The first-order valence-corrected chi connectivity index (χ1v) is 10.8. The highest BCUT2D eigenvalue weighted by molar-refractivity contribution is 6.08. The zero-order chi connectivity index (χ0) is 23.2. The lowest BCUT2D eigenvalue weighted by atomic mass is 10.1. The number of aliphatic carboxylic acids is 1. The van der Waals surface area contributed by atoms with E-state index in [1.807, 2.05) is 42.5 Å². The molecule has 1 aromatic heterocycles. The van der Waals surface area contributed by atoms with E-state index in [1.165, 1.54) is 12.1 Å². The number of unbranched alkanes of at least 4 members (excludes halogenated alkanes) is 2. The fourth-order valence-electron chi connectivity index (χ4n) is 3.87. The second-order valence-corrected chi connectivity index (χ2v) is 7.69. The number of para-hydroxylation sites is 1. The Labute approximate surface area is 190 Å². The molecule has 8 heteroatoms. The predicted octanol–water partition coefficient (Wildman–Crippen LogP) is 5.42. The van der Waals surface area contributed by atoms with Gasteiger partial charge in [-0.1, -0.05) is 24.3 Å². The summed E-state index contributed by atoms with van der Waals surface area (Å²) < 4.78 is 13.3. The summed E-state index contributed by atoms with van der Waals surface area (Å²) >= 11 is 0. The zero-order valence-corrected chi connectivity index (χ0v) is 18.0. The highest BCUT2D eigenvalue weighted by Gasteiger charge is 2.13. The number of ether oxygens (including phenoxy) is 2. The minimum atomic E-state index is -0.892. The van der Waals surface area contributed by atoms with Crippen LogP contribution in [0.5, 0.6) is 11.5 Å². The van der Waals surface area contributed by atoms with E-state index in [0.29, 0.717) is 24.7 Å². The summed E-state index contributed by atoms with van der Waals surface area (Å²) in [6.07, 6.45) is 2.52. The van der Waals surface area contributed by atoms with Crippen LogP contribution in [0.3, 0.4) is 0 Å². The van der Waals surface area contributed by atoms with E-state index in [-0.39, 0.29) is 12.2 Å². The van der Waals surface area contributed by atoms with Gasteiger partial charge in [0.25, 0.3) is 5.69 Å². The molecule has 3 aromatic carbocycles. The molecule has 1 heterocycles. The smallest absolute Gasteiger partial charge is 0.323 e. The van der Waals surface area contributed by atoms with Crippen LogP contribution in [0.2, 0.25) is 0 Å². The Hall–Kier alpha value is -4.07. The Bertz CT molecular complexity index is 1300. The molecule has 0 radical (unpaired) electrons. The molecule has 8 nitrogen and oxygen atoms in total. The number of hydrogen-bond donors (Lipinski definition) is 1. The summed E-state index contributed by atoms with van der Waals surface area (Å²) in [4.78, 5) is 21.7. The Morgan fingerprint density at radius 1 is 0.848 bits per heavy atom. The van der Waals surface area contributed by atoms with Crippen molar-refractivity contribution in [1.82, 2.24) is 4.57 Å². The summed E-state index contributed by atoms with van der Waals surface area (Å²) in [5.74, 6) is 0.298. The van der Waals surface area contributed by atoms with Crippen molar-refractivity contribution >= 4 is 33.5 Å². The maximum absolute atomic E-state index is 11.4. The van der Waals surface area contributed by atoms with E-state index >= 15 is 0 Å². The molecule has 4 rings (SSSR count). The molecule has 0 aliphatic rings. The van der Waals surface area contributed by atoms with Gasteiger partial charge in [0.2, 0.25) is 0 Å². The largest absolute Gasteiger partial charge is 0.494 e. The Morgan fingerprint density at radius 3 is 2.27 bits per heavy atom. The van der Waals surface area contributed by atoms with Crippen molar-refractivity contribution in [3.8, 4) is 11.5 Å². The average molecular weight is 448 g/mol. The van der Waals surface area contributed by atoms with E-state index in [2.05, 4.69) is 0 Å². The third-order valence-corrected chi connectivity index (χ3v) is 5.39. The van der Waals surface area contributed by atoms with E-state index < -0.39 is 10.9 Å². The van der Waals surface area contributed by atoms with Crippen molar-refractivity contribution in [2.75, 3.05) is 13.2 Å². The van der Waals surface area contributed by atoms with Crippen LogP contribution in [0.15, 0.2) is 66.7 Å². The molecule has 4 aromatic rings. The van der Waals surface area contributed by atoms with Crippen LogP contribution in [-0.4, -0.2) is 33.8 Å². The number of carbonyl (C=O) groups is 1. The number of carboxylic acid groups (broad SMARTS) is 1. The molecule has 0 bridgehead atoms. The first-order chi connectivity index (χ1) is 16.0. The van der Waals surface area contributed by atoms with Gasteiger partial charge < -0.3 is 19.1 Å². The van der Waals surface area contributed by atoms with Gasteiger partial charge in [-0.05, 0) is 43.5 Å². The van der Waals surface area contributed by atoms with Crippen molar-refractivity contribution in [3.05, 3.63) is 76.8 Å². The summed E-state index contributed by atoms with van der Waals surface area (Å²) in [5, 5.41) is 22.2. The molecule has 1 N–H and O–H groups in total. The predicted molar refractivity (Wildman–Crippen MR) is 125 cm³/mol. The van der Waals surface area contributed by atoms with Crippen molar-refractivity contribution in [2.24, 2.45) is 0 Å². The number of carboxylic acids is 1. The number of nitro groups is 1. The van der Waals surface area contributed by atoms with Crippen LogP contribution in [-0.2, 0) is 11.3 Å². The molecule has 0 unspecified atom stereocenters. The number of aromatic nitrogens is 1. The van der Waals surface area contributed by atoms with Gasteiger partial charge in [0, 0.05) is 28.4 Å². The summed E-state index contributed by atoms with van der Waals surface area (Å²) in [7, 11) is 0. The SMILES string of the molecule is O=C(O)Cn1c2ccccc2c2ccc(OCCCCCOc3cccc([N+](=O)[O-])c3)cc21. The van der Waals surface area contributed by atoms with E-state index in [4.69, 9.17) is 9.47 Å². The lowest BCUT2D eigenvalue weighted by molar-refractivity contribution is -0.384. The highest BCUT2D eigenvalue weighted by Crippen LogP contribution is 2.31. The maximum Gasteiger partial charge on any atom is 0.323 e. The van der Waals surface area contributed by atoms with Crippen molar-refractivity contribution in [1.29, 1.82) is 0 Å². The summed E-state index contributed by atoms with van der Waals surface area (Å²) in [5.41, 5.74) is 1.73. The van der Waals surface area contributed by atoms with Crippen molar-refractivity contribution in [3.63, 3.8) is 0 Å². The van der Waals surface area contributed by atoms with Gasteiger partial charge >= 0.3 is 5.97 Å². The molecule has 0 saturated carbocycles. The standard InChI is InChI=1S/C25H24N2O6/c28-25(29)17-26-23-10-3-2-9-21(23)22-12-11-20(16-24(22)26)33-14-5-1-4-13-32-19-8-6-7-18(15-19)27(30)31/h2-3,6-12,15-16H,1,4-5,13-14,17H2,(H,28,29). The Morgan fingerprint density at radius 2 is 1.55 bits per heavy atom. The minimum absolute atomic E-state index is 0.0141. The van der Waals surface area contributed by atoms with Gasteiger partial charge in [0.1, 0.15) is 18.0 Å². The van der Waals surface area contributed by atoms with Crippen LogP contribution in [0.25, 0.3) is 21.8 Å². The normalized spacial score (nSPS) is 11.0. The molecule has 0 atom stereocenters. The molecular weight excluding hydrogens is 424 g/mol. The van der Waals surface area contributed by atoms with E-state index in [9.17, 15) is 20.0 Å². The fraction of sp³-hybridized carbons (Fsp3) is 0.240. The second kappa shape index (κ2) is 10.0. The van der Waals surface area contributed by atoms with Crippen molar-refractivity contribution in [2.45, 2.75) is 25.8 Å². The fourth-order valence-corrected chi connectivity index (χ4v) is 3.87. The van der Waals surface area contributed by atoms with E-state index in [0.717, 1.165) is 41.1 Å². The molecular formula is C25H24N2O6. The monoisotopic (exact) mass is 448 g/mol. The van der Waals surface area contributed by atoms with Crippen LogP contribution < -0.4 is 9.47 Å². The van der Waals surface area contributed by atoms with Gasteiger partial charge in [-0.25, -0.2) is 0 Å². The van der Waals surface area contributed by atoms with Crippen LogP contribution >= 0.6 is 0 Å². The van der Waals surface area contributed by atoms with Gasteiger partial charge in [-0.2, -0.15) is 0 Å². The molecule has 0 fully saturated rings.